The summed E-state index contributed by atoms with van der Waals surface area (Å²) in [5.41, 5.74) is 3.67. The van der Waals surface area contributed by atoms with Gasteiger partial charge in [0.2, 0.25) is 0 Å². The Hall–Kier alpha value is -2.89. The van der Waals surface area contributed by atoms with E-state index in [-0.39, 0.29) is 6.04 Å². The van der Waals surface area contributed by atoms with Gasteiger partial charge in [-0.05, 0) is 62.1 Å². The monoisotopic (exact) mass is 410 g/mol. The minimum atomic E-state index is 0.147. The van der Waals surface area contributed by atoms with E-state index in [4.69, 9.17) is 9.47 Å². The van der Waals surface area contributed by atoms with E-state index in [1.54, 1.807) is 14.2 Å². The first-order valence-corrected chi connectivity index (χ1v) is 10.8. The highest BCUT2D eigenvalue weighted by atomic mass is 16.5. The Kier molecular flexibility index (Phi) is 7.82. The fraction of sp³-hybridized carbons (Fsp3) is 0.458. The van der Waals surface area contributed by atoms with Crippen LogP contribution < -0.4 is 25.0 Å². The van der Waals surface area contributed by atoms with Crippen LogP contribution in [0.5, 0.6) is 11.5 Å². The molecule has 1 atom stereocenters. The summed E-state index contributed by atoms with van der Waals surface area (Å²) >= 11 is 0. The molecule has 0 radical (unpaired) electrons. The molecule has 1 saturated heterocycles. The number of rotatable bonds is 8. The van der Waals surface area contributed by atoms with Crippen molar-refractivity contribution in [3.8, 4) is 11.5 Å². The summed E-state index contributed by atoms with van der Waals surface area (Å²) in [5, 5.41) is 6.89. The van der Waals surface area contributed by atoms with Gasteiger partial charge >= 0.3 is 0 Å². The first kappa shape index (κ1) is 21.8. The number of methoxy groups -OCH3 is 1. The highest BCUT2D eigenvalue weighted by Gasteiger charge is 2.14. The van der Waals surface area contributed by atoms with Gasteiger partial charge < -0.3 is 25.0 Å². The predicted molar refractivity (Wildman–Crippen MR) is 124 cm³/mol. The Bertz CT molecular complexity index is 847. The molecule has 1 aliphatic rings. The zero-order valence-corrected chi connectivity index (χ0v) is 18.6. The molecular formula is C24H34N4O2. The molecule has 1 aliphatic heterocycles. The smallest absolute Gasteiger partial charge is 0.191 e. The van der Waals surface area contributed by atoms with Crippen molar-refractivity contribution in [1.29, 1.82) is 0 Å². The van der Waals surface area contributed by atoms with Crippen molar-refractivity contribution in [2.75, 3.05) is 38.8 Å². The summed E-state index contributed by atoms with van der Waals surface area (Å²) in [6, 6.07) is 14.9. The second kappa shape index (κ2) is 10.8. The van der Waals surface area contributed by atoms with Gasteiger partial charge in [-0.3, -0.25) is 4.99 Å². The van der Waals surface area contributed by atoms with Crippen LogP contribution in [0.15, 0.2) is 47.5 Å². The molecule has 6 heteroatoms. The van der Waals surface area contributed by atoms with Crippen LogP contribution >= 0.6 is 0 Å². The van der Waals surface area contributed by atoms with Gasteiger partial charge in [0.15, 0.2) is 17.5 Å². The molecule has 1 unspecified atom stereocenters. The molecular weight excluding hydrogens is 376 g/mol. The fourth-order valence-electron chi connectivity index (χ4n) is 3.73. The lowest BCUT2D eigenvalue weighted by atomic mass is 10.1. The summed E-state index contributed by atoms with van der Waals surface area (Å²) in [7, 11) is 3.45. The third-order valence-corrected chi connectivity index (χ3v) is 5.41. The second-order valence-electron chi connectivity index (χ2n) is 7.50. The third-order valence-electron chi connectivity index (χ3n) is 5.41. The molecule has 2 N–H and O–H groups in total. The lowest BCUT2D eigenvalue weighted by Crippen LogP contribution is -2.38. The number of aliphatic imine (C=N–C) groups is 1. The average molecular weight is 411 g/mol. The molecule has 0 saturated carbocycles. The van der Waals surface area contributed by atoms with Crippen molar-refractivity contribution < 1.29 is 9.47 Å². The Morgan fingerprint density at radius 2 is 1.93 bits per heavy atom. The second-order valence-corrected chi connectivity index (χ2v) is 7.50. The molecule has 30 heavy (non-hydrogen) atoms. The summed E-state index contributed by atoms with van der Waals surface area (Å²) in [6.45, 7) is 7.68. The molecule has 0 amide bonds. The highest BCUT2D eigenvalue weighted by molar-refractivity contribution is 5.80. The number of guanidine groups is 1. The van der Waals surface area contributed by atoms with Gasteiger partial charge in [-0.15, -0.1) is 0 Å². The van der Waals surface area contributed by atoms with Crippen LogP contribution in [0.2, 0.25) is 0 Å². The lowest BCUT2D eigenvalue weighted by Gasteiger charge is -2.22. The Morgan fingerprint density at radius 3 is 2.63 bits per heavy atom. The van der Waals surface area contributed by atoms with Crippen molar-refractivity contribution in [1.82, 2.24) is 10.6 Å². The summed E-state index contributed by atoms with van der Waals surface area (Å²) in [6.07, 6.45) is 2.57. The number of ether oxygens (including phenoxy) is 2. The number of anilines is 1. The fourth-order valence-corrected chi connectivity index (χ4v) is 3.73. The molecule has 2 aromatic rings. The third kappa shape index (κ3) is 5.59. The van der Waals surface area contributed by atoms with Crippen LogP contribution in [-0.4, -0.2) is 39.8 Å². The van der Waals surface area contributed by atoms with Gasteiger partial charge in [0, 0.05) is 32.4 Å². The number of hydrogen-bond donors (Lipinski definition) is 2. The van der Waals surface area contributed by atoms with Crippen LogP contribution in [0.3, 0.4) is 0 Å². The Balaban J connectivity index is 1.60. The molecule has 2 aromatic carbocycles. The first-order valence-electron chi connectivity index (χ1n) is 10.8. The van der Waals surface area contributed by atoms with E-state index < -0.39 is 0 Å². The van der Waals surface area contributed by atoms with Gasteiger partial charge in [0.05, 0.1) is 19.8 Å². The molecule has 0 spiro atoms. The highest BCUT2D eigenvalue weighted by Crippen LogP contribution is 2.28. The minimum absolute atomic E-state index is 0.147. The van der Waals surface area contributed by atoms with E-state index in [0.29, 0.717) is 13.2 Å². The van der Waals surface area contributed by atoms with Crippen molar-refractivity contribution >= 4 is 11.6 Å². The molecule has 0 bridgehead atoms. The summed E-state index contributed by atoms with van der Waals surface area (Å²) in [4.78, 5) is 6.85. The van der Waals surface area contributed by atoms with E-state index in [2.05, 4.69) is 51.7 Å². The zero-order chi connectivity index (χ0) is 21.3. The van der Waals surface area contributed by atoms with Crippen LogP contribution in [0, 0.1) is 0 Å². The number of nitrogens with one attached hydrogen (secondary N) is 2. The van der Waals surface area contributed by atoms with Gasteiger partial charge in [0.25, 0.3) is 0 Å². The van der Waals surface area contributed by atoms with E-state index in [9.17, 15) is 0 Å². The molecule has 3 rings (SSSR count). The van der Waals surface area contributed by atoms with Crippen molar-refractivity contribution in [2.24, 2.45) is 4.99 Å². The molecule has 1 heterocycles. The van der Waals surface area contributed by atoms with Crippen LogP contribution in [-0.2, 0) is 6.54 Å². The van der Waals surface area contributed by atoms with Crippen LogP contribution in [0.4, 0.5) is 5.69 Å². The van der Waals surface area contributed by atoms with E-state index >= 15 is 0 Å². The SMILES string of the molecule is CCOc1cc(CNC(=NC)NC(C)c2cccc(N3CCCC3)c2)ccc1OC. The van der Waals surface area contributed by atoms with Crippen LogP contribution in [0.1, 0.15) is 43.9 Å². The maximum Gasteiger partial charge on any atom is 0.191 e. The molecule has 162 valence electrons. The average Bonchev–Trinajstić information content (AvgIpc) is 3.32. The standard InChI is InChI=1S/C24H34N4O2/c1-5-30-23-15-19(11-12-22(23)29-4)17-26-24(25-3)27-18(2)20-9-8-10-21(16-20)28-13-6-7-14-28/h8-12,15-16,18H,5-7,13-14,17H2,1-4H3,(H2,25,26,27). The van der Waals surface area contributed by atoms with E-state index in [1.165, 1.54) is 24.1 Å². The van der Waals surface area contributed by atoms with Gasteiger partial charge in [-0.1, -0.05) is 18.2 Å². The maximum absolute atomic E-state index is 5.67. The first-order chi connectivity index (χ1) is 14.6. The lowest BCUT2D eigenvalue weighted by molar-refractivity contribution is 0.310. The number of hydrogen-bond acceptors (Lipinski definition) is 4. The predicted octanol–water partition coefficient (Wildman–Crippen LogP) is 4.12. The molecule has 0 aromatic heterocycles. The Labute approximate surface area is 180 Å². The van der Waals surface area contributed by atoms with Crippen LogP contribution in [0.25, 0.3) is 0 Å². The molecule has 1 fully saturated rings. The van der Waals surface area contributed by atoms with E-state index in [1.807, 2.05) is 25.1 Å². The number of benzene rings is 2. The van der Waals surface area contributed by atoms with Gasteiger partial charge in [-0.25, -0.2) is 0 Å². The maximum atomic E-state index is 5.67. The van der Waals surface area contributed by atoms with Crippen molar-refractivity contribution in [3.05, 3.63) is 53.6 Å². The van der Waals surface area contributed by atoms with Gasteiger partial charge in [0.1, 0.15) is 0 Å². The summed E-state index contributed by atoms with van der Waals surface area (Å²) in [5.74, 6) is 2.27. The summed E-state index contributed by atoms with van der Waals surface area (Å²) < 4.78 is 11.0. The normalized spacial score (nSPS) is 15.1. The minimum Gasteiger partial charge on any atom is -0.493 e. The van der Waals surface area contributed by atoms with Crippen molar-refractivity contribution in [2.45, 2.75) is 39.3 Å². The largest absolute Gasteiger partial charge is 0.493 e. The number of nitrogens with zero attached hydrogens (tertiary/aromatic N) is 2. The topological polar surface area (TPSA) is 58.1 Å². The molecule has 0 aliphatic carbocycles. The quantitative estimate of drug-likeness (QED) is 0.506. The molecule has 6 nitrogen and oxygen atoms in total. The van der Waals surface area contributed by atoms with Gasteiger partial charge in [-0.2, -0.15) is 0 Å². The zero-order valence-electron chi connectivity index (χ0n) is 18.6. The Morgan fingerprint density at radius 1 is 1.13 bits per heavy atom. The van der Waals surface area contributed by atoms with Crippen molar-refractivity contribution in [3.63, 3.8) is 0 Å². The van der Waals surface area contributed by atoms with E-state index in [0.717, 1.165) is 36.1 Å².